The Morgan fingerprint density at radius 1 is 0.912 bits per heavy atom. The number of benzene rings is 2. The van der Waals surface area contributed by atoms with Crippen LogP contribution in [0, 0.1) is 6.92 Å². The zero-order valence-electron chi connectivity index (χ0n) is 18.8. The molecular weight excluding hydrogens is 424 g/mol. The number of aromatic nitrogens is 5. The molecule has 3 heterocycles. The van der Waals surface area contributed by atoms with Crippen molar-refractivity contribution in [3.05, 3.63) is 120 Å². The van der Waals surface area contributed by atoms with Crippen molar-refractivity contribution in [2.75, 3.05) is 0 Å². The summed E-state index contributed by atoms with van der Waals surface area (Å²) < 4.78 is 3.57. The van der Waals surface area contributed by atoms with E-state index in [9.17, 15) is 4.79 Å². The van der Waals surface area contributed by atoms with Crippen LogP contribution in [0.1, 0.15) is 27.2 Å². The second-order valence-corrected chi connectivity index (χ2v) is 7.98. The Morgan fingerprint density at radius 3 is 2.50 bits per heavy atom. The molecule has 0 aliphatic heterocycles. The average Bonchev–Trinajstić information content (AvgIpc) is 3.53. The Hall–Kier alpha value is -4.52. The number of amides is 1. The third-order valence-electron chi connectivity index (χ3n) is 5.75. The second-order valence-electron chi connectivity index (χ2n) is 7.98. The van der Waals surface area contributed by atoms with Crippen LogP contribution in [0.2, 0.25) is 0 Å². The average molecular weight is 449 g/mol. The van der Waals surface area contributed by atoms with Gasteiger partial charge < -0.3 is 5.32 Å². The van der Waals surface area contributed by atoms with Gasteiger partial charge in [0.05, 0.1) is 24.0 Å². The largest absolute Gasteiger partial charge is 0.348 e. The Morgan fingerprint density at radius 2 is 1.74 bits per heavy atom. The fraction of sp³-hybridized carbons (Fsp3) is 0.111. The summed E-state index contributed by atoms with van der Waals surface area (Å²) in [4.78, 5) is 17.2. The molecule has 0 unspecified atom stereocenters. The highest BCUT2D eigenvalue weighted by atomic mass is 16.1. The van der Waals surface area contributed by atoms with E-state index in [0.29, 0.717) is 17.9 Å². The lowest BCUT2D eigenvalue weighted by molar-refractivity contribution is 0.0950. The van der Waals surface area contributed by atoms with Crippen LogP contribution < -0.4 is 5.32 Å². The molecule has 3 aromatic heterocycles. The van der Waals surface area contributed by atoms with Crippen molar-refractivity contribution in [2.24, 2.45) is 0 Å². The van der Waals surface area contributed by atoms with Gasteiger partial charge in [-0.3, -0.25) is 9.48 Å². The molecule has 2 aromatic carbocycles. The first-order valence-corrected chi connectivity index (χ1v) is 11.1. The predicted molar refractivity (Wildman–Crippen MR) is 130 cm³/mol. The maximum absolute atomic E-state index is 12.9. The van der Waals surface area contributed by atoms with Gasteiger partial charge >= 0.3 is 0 Å². The number of nitrogens with zero attached hydrogens (tertiary/aromatic N) is 5. The highest BCUT2D eigenvalue weighted by Crippen LogP contribution is 2.24. The maximum atomic E-state index is 12.9. The van der Waals surface area contributed by atoms with Gasteiger partial charge in [0.25, 0.3) is 5.91 Å². The van der Waals surface area contributed by atoms with Gasteiger partial charge in [-0.05, 0) is 47.4 Å². The summed E-state index contributed by atoms with van der Waals surface area (Å²) in [7, 11) is 0. The number of nitrogens with one attached hydrogen (secondary N) is 1. The Labute approximate surface area is 197 Å². The van der Waals surface area contributed by atoms with Gasteiger partial charge in [0.1, 0.15) is 0 Å². The zero-order valence-corrected chi connectivity index (χ0v) is 18.8. The summed E-state index contributed by atoms with van der Waals surface area (Å²) in [6.45, 7) is 3.02. The van der Waals surface area contributed by atoms with E-state index in [0.717, 1.165) is 28.9 Å². The van der Waals surface area contributed by atoms with Gasteiger partial charge in [-0.25, -0.2) is 9.67 Å². The number of hydrogen-bond donors (Lipinski definition) is 1. The van der Waals surface area contributed by atoms with Gasteiger partial charge in [-0.1, -0.05) is 54.6 Å². The van der Waals surface area contributed by atoms with Crippen molar-refractivity contribution in [1.82, 2.24) is 29.9 Å². The van der Waals surface area contributed by atoms with Crippen molar-refractivity contribution in [2.45, 2.75) is 20.0 Å². The van der Waals surface area contributed by atoms with Crippen LogP contribution in [0.15, 0.2) is 97.6 Å². The van der Waals surface area contributed by atoms with Crippen molar-refractivity contribution >= 4 is 5.91 Å². The van der Waals surface area contributed by atoms with Crippen LogP contribution in [0.3, 0.4) is 0 Å². The second kappa shape index (κ2) is 9.54. The van der Waals surface area contributed by atoms with Crippen LogP contribution in [0.5, 0.6) is 0 Å². The molecule has 34 heavy (non-hydrogen) atoms. The highest BCUT2D eigenvalue weighted by molar-refractivity contribution is 5.95. The Balaban J connectivity index is 1.30. The first kappa shape index (κ1) is 21.3. The van der Waals surface area contributed by atoms with Crippen LogP contribution in [-0.4, -0.2) is 30.5 Å². The van der Waals surface area contributed by atoms with Crippen LogP contribution >= 0.6 is 0 Å². The van der Waals surface area contributed by atoms with E-state index in [1.54, 1.807) is 23.3 Å². The lowest BCUT2D eigenvalue weighted by Gasteiger charge is -2.12. The van der Waals surface area contributed by atoms with Crippen LogP contribution in [0.25, 0.3) is 16.9 Å². The van der Waals surface area contributed by atoms with Crippen LogP contribution in [0.4, 0.5) is 0 Å². The molecule has 5 rings (SSSR count). The molecule has 0 saturated carbocycles. The Kier molecular flexibility index (Phi) is 5.99. The van der Waals surface area contributed by atoms with Crippen molar-refractivity contribution in [1.29, 1.82) is 0 Å². The number of carbonyl (C=O) groups is 1. The molecule has 168 valence electrons. The SMILES string of the molecule is Cc1c(C(=O)NCc2ccccc2-c2ccc(Cn3cccn3)cc2)cnn1-c1ccccn1. The van der Waals surface area contributed by atoms with Gasteiger partial charge in [0.15, 0.2) is 5.82 Å². The Bertz CT molecular complexity index is 1390. The summed E-state index contributed by atoms with van der Waals surface area (Å²) in [5.74, 6) is 0.518. The number of carbonyl (C=O) groups excluding carboxylic acids is 1. The molecule has 0 atom stereocenters. The van der Waals surface area contributed by atoms with Gasteiger partial charge in [0, 0.05) is 25.1 Å². The highest BCUT2D eigenvalue weighted by Gasteiger charge is 2.16. The minimum absolute atomic E-state index is 0.163. The minimum Gasteiger partial charge on any atom is -0.348 e. The monoisotopic (exact) mass is 448 g/mol. The molecule has 0 aliphatic carbocycles. The molecule has 1 N–H and O–H groups in total. The van der Waals surface area contributed by atoms with E-state index >= 15 is 0 Å². The lowest BCUT2D eigenvalue weighted by Crippen LogP contribution is -2.23. The normalized spacial score (nSPS) is 10.9. The summed E-state index contributed by atoms with van der Waals surface area (Å²) in [6.07, 6.45) is 7.03. The van der Waals surface area contributed by atoms with Crippen molar-refractivity contribution < 1.29 is 4.79 Å². The third-order valence-corrected chi connectivity index (χ3v) is 5.75. The van der Waals surface area contributed by atoms with Crippen LogP contribution in [-0.2, 0) is 13.1 Å². The standard InChI is InChI=1S/C27H24N6O/c1-20-25(18-31-33(20)26-9-4-5-14-28-26)27(34)29-17-23-7-2-3-8-24(23)22-12-10-21(11-13-22)19-32-16-6-15-30-32/h2-16,18H,17,19H2,1H3,(H,29,34). The molecule has 0 fully saturated rings. The van der Waals surface area contributed by atoms with E-state index in [1.165, 1.54) is 5.56 Å². The smallest absolute Gasteiger partial charge is 0.255 e. The molecule has 5 aromatic rings. The molecule has 0 spiro atoms. The van der Waals surface area contributed by atoms with Gasteiger partial charge in [-0.2, -0.15) is 10.2 Å². The third kappa shape index (κ3) is 4.49. The minimum atomic E-state index is -0.163. The summed E-state index contributed by atoms with van der Waals surface area (Å²) in [5, 5.41) is 11.7. The number of rotatable bonds is 7. The van der Waals surface area contributed by atoms with Gasteiger partial charge in [-0.15, -0.1) is 0 Å². The molecule has 0 radical (unpaired) electrons. The van der Waals surface area contributed by atoms with E-state index in [1.807, 2.05) is 60.3 Å². The predicted octanol–water partition coefficient (Wildman–Crippen LogP) is 4.42. The van der Waals surface area contributed by atoms with E-state index in [4.69, 9.17) is 0 Å². The first-order valence-electron chi connectivity index (χ1n) is 11.1. The summed E-state index contributed by atoms with van der Waals surface area (Å²) in [6, 6.07) is 24.1. The first-order chi connectivity index (χ1) is 16.7. The number of pyridine rings is 1. The molecule has 0 aliphatic rings. The maximum Gasteiger partial charge on any atom is 0.255 e. The van der Waals surface area contributed by atoms with E-state index < -0.39 is 0 Å². The molecule has 1 amide bonds. The molecule has 0 bridgehead atoms. The van der Waals surface area contributed by atoms with E-state index in [-0.39, 0.29) is 5.91 Å². The quantitative estimate of drug-likeness (QED) is 0.400. The zero-order chi connectivity index (χ0) is 23.3. The lowest BCUT2D eigenvalue weighted by atomic mass is 9.98. The topological polar surface area (TPSA) is 77.6 Å². The number of hydrogen-bond acceptors (Lipinski definition) is 4. The van der Waals surface area contributed by atoms with Crippen molar-refractivity contribution in [3.8, 4) is 16.9 Å². The van der Waals surface area contributed by atoms with E-state index in [2.05, 4.69) is 50.8 Å². The molecule has 7 heteroatoms. The van der Waals surface area contributed by atoms with Gasteiger partial charge in [0.2, 0.25) is 0 Å². The molecule has 7 nitrogen and oxygen atoms in total. The summed E-state index contributed by atoms with van der Waals surface area (Å²) >= 11 is 0. The molecule has 0 saturated heterocycles. The summed E-state index contributed by atoms with van der Waals surface area (Å²) in [5.41, 5.74) is 5.70. The fourth-order valence-electron chi connectivity index (χ4n) is 3.94. The molecular formula is C27H24N6O. The van der Waals surface area contributed by atoms with Crippen molar-refractivity contribution in [3.63, 3.8) is 0 Å². The fourth-order valence-corrected chi connectivity index (χ4v) is 3.94.